The Morgan fingerprint density at radius 3 is 2.50 bits per heavy atom. The lowest BCUT2D eigenvalue weighted by Gasteiger charge is -2.33. The monoisotopic (exact) mass is 403 g/mol. The van der Waals surface area contributed by atoms with E-state index in [4.69, 9.17) is 4.98 Å². The van der Waals surface area contributed by atoms with Gasteiger partial charge in [0.2, 0.25) is 5.95 Å². The number of halogens is 1. The molecule has 5 rings (SSSR count). The summed E-state index contributed by atoms with van der Waals surface area (Å²) in [6, 6.07) is 28.1. The Balaban J connectivity index is 1.69. The number of anilines is 1. The molecular weight excluding hydrogens is 386 g/mol. The van der Waals surface area contributed by atoms with Gasteiger partial charge in [-0.05, 0) is 41.8 Å². The van der Waals surface area contributed by atoms with Crippen molar-refractivity contribution in [2.45, 2.75) is 18.5 Å². The lowest BCUT2D eigenvalue weighted by atomic mass is 9.93. The third-order valence-corrected chi connectivity index (χ3v) is 5.60. The molecule has 0 amide bonds. The molecule has 0 fully saturated rings. The Morgan fingerprint density at radius 1 is 0.885 bits per heavy atom. The highest BCUT2D eigenvalue weighted by atomic mass is 79.9. The largest absolute Gasteiger partial charge is 0.349 e. The second-order valence-electron chi connectivity index (χ2n) is 6.71. The number of nitrogens with zero attached hydrogens (tertiary/aromatic N) is 2. The van der Waals surface area contributed by atoms with Crippen LogP contribution in [0.25, 0.3) is 11.0 Å². The molecule has 1 aliphatic rings. The standard InChI is InChI=1S/C22H18BrN3/c23-17-10-6-9-16(13-17)21-14-19(15-7-2-1-3-8-15)25-22-24-18-11-4-5-12-20(18)26(21)22/h1-13,19,21H,14H2,(H,24,25)/t19-,21+/m1/s1. The van der Waals surface area contributed by atoms with Crippen molar-refractivity contribution < 1.29 is 0 Å². The predicted octanol–water partition coefficient (Wildman–Crippen LogP) is 5.95. The van der Waals surface area contributed by atoms with E-state index in [1.807, 2.05) is 6.07 Å². The van der Waals surface area contributed by atoms with Gasteiger partial charge in [-0.3, -0.25) is 0 Å². The van der Waals surface area contributed by atoms with E-state index in [1.165, 1.54) is 16.6 Å². The fourth-order valence-electron chi connectivity index (χ4n) is 3.91. The van der Waals surface area contributed by atoms with Crippen LogP contribution in [0.5, 0.6) is 0 Å². The Labute approximate surface area is 160 Å². The van der Waals surface area contributed by atoms with E-state index >= 15 is 0 Å². The predicted molar refractivity (Wildman–Crippen MR) is 109 cm³/mol. The fourth-order valence-corrected chi connectivity index (χ4v) is 4.33. The molecule has 0 saturated heterocycles. The van der Waals surface area contributed by atoms with Gasteiger partial charge in [-0.15, -0.1) is 0 Å². The van der Waals surface area contributed by atoms with Crippen LogP contribution in [0.1, 0.15) is 29.6 Å². The molecule has 0 bridgehead atoms. The van der Waals surface area contributed by atoms with Crippen molar-refractivity contribution in [3.05, 3.63) is 94.5 Å². The van der Waals surface area contributed by atoms with Crippen molar-refractivity contribution in [3.63, 3.8) is 0 Å². The molecule has 0 aliphatic carbocycles. The van der Waals surface area contributed by atoms with Crippen LogP contribution in [0, 0.1) is 0 Å². The minimum absolute atomic E-state index is 0.237. The molecule has 2 heterocycles. The van der Waals surface area contributed by atoms with Crippen molar-refractivity contribution in [2.24, 2.45) is 0 Å². The molecule has 3 aromatic carbocycles. The topological polar surface area (TPSA) is 29.9 Å². The summed E-state index contributed by atoms with van der Waals surface area (Å²) in [5.74, 6) is 0.941. The number of rotatable bonds is 2. The van der Waals surface area contributed by atoms with Crippen LogP contribution in [0.2, 0.25) is 0 Å². The normalized spacial score (nSPS) is 19.1. The Hall–Kier alpha value is -2.59. The van der Waals surface area contributed by atoms with Gasteiger partial charge in [0.1, 0.15) is 0 Å². The van der Waals surface area contributed by atoms with Crippen LogP contribution in [-0.2, 0) is 0 Å². The van der Waals surface area contributed by atoms with Crippen molar-refractivity contribution in [2.75, 3.05) is 5.32 Å². The summed E-state index contributed by atoms with van der Waals surface area (Å²) >= 11 is 3.63. The Bertz CT molecular complexity index is 1070. The first kappa shape index (κ1) is 15.6. The van der Waals surface area contributed by atoms with Crippen molar-refractivity contribution in [1.29, 1.82) is 0 Å². The average molecular weight is 404 g/mol. The second-order valence-corrected chi connectivity index (χ2v) is 7.62. The van der Waals surface area contributed by atoms with E-state index in [2.05, 4.69) is 98.6 Å². The maximum Gasteiger partial charge on any atom is 0.204 e. The average Bonchev–Trinajstić information content (AvgIpc) is 3.06. The molecule has 4 aromatic rings. The maximum absolute atomic E-state index is 4.87. The molecule has 26 heavy (non-hydrogen) atoms. The van der Waals surface area contributed by atoms with Gasteiger partial charge in [0, 0.05) is 4.47 Å². The summed E-state index contributed by atoms with van der Waals surface area (Å²) in [6.45, 7) is 0. The number of aromatic nitrogens is 2. The third kappa shape index (κ3) is 2.61. The first-order valence-corrected chi connectivity index (χ1v) is 9.63. The Kier molecular flexibility index (Phi) is 3.79. The molecule has 1 aliphatic heterocycles. The molecule has 0 saturated carbocycles. The molecule has 4 heteroatoms. The van der Waals surface area contributed by atoms with Gasteiger partial charge in [0.05, 0.1) is 23.1 Å². The highest BCUT2D eigenvalue weighted by Crippen LogP contribution is 2.41. The summed E-state index contributed by atoms with van der Waals surface area (Å²) in [4.78, 5) is 4.87. The fraction of sp³-hybridized carbons (Fsp3) is 0.136. The van der Waals surface area contributed by atoms with E-state index in [0.717, 1.165) is 22.4 Å². The van der Waals surface area contributed by atoms with Crippen LogP contribution in [0.15, 0.2) is 83.3 Å². The summed E-state index contributed by atoms with van der Waals surface area (Å²) in [5, 5.41) is 3.66. The van der Waals surface area contributed by atoms with E-state index < -0.39 is 0 Å². The number of hydrogen-bond donors (Lipinski definition) is 1. The molecule has 0 radical (unpaired) electrons. The van der Waals surface area contributed by atoms with Crippen LogP contribution in [0.3, 0.4) is 0 Å². The lowest BCUT2D eigenvalue weighted by molar-refractivity contribution is 0.477. The summed E-state index contributed by atoms with van der Waals surface area (Å²) in [5.41, 5.74) is 4.80. The number of fused-ring (bicyclic) bond motifs is 3. The maximum atomic E-state index is 4.87. The van der Waals surface area contributed by atoms with Gasteiger partial charge in [0.25, 0.3) is 0 Å². The lowest BCUT2D eigenvalue weighted by Crippen LogP contribution is -2.27. The molecule has 128 valence electrons. The van der Waals surface area contributed by atoms with Gasteiger partial charge in [-0.2, -0.15) is 0 Å². The molecule has 0 unspecified atom stereocenters. The zero-order valence-electron chi connectivity index (χ0n) is 14.1. The van der Waals surface area contributed by atoms with Gasteiger partial charge in [-0.25, -0.2) is 4.98 Å². The van der Waals surface area contributed by atoms with Gasteiger partial charge >= 0.3 is 0 Å². The van der Waals surface area contributed by atoms with Crippen molar-refractivity contribution in [1.82, 2.24) is 9.55 Å². The van der Waals surface area contributed by atoms with Crippen LogP contribution < -0.4 is 5.32 Å². The third-order valence-electron chi connectivity index (χ3n) is 5.11. The number of para-hydroxylation sites is 2. The first-order chi connectivity index (χ1) is 12.8. The SMILES string of the molecule is Brc1cccc([C@@H]2C[C@H](c3ccccc3)Nc3nc4ccccc4n32)c1. The summed E-state index contributed by atoms with van der Waals surface area (Å²) in [7, 11) is 0. The molecule has 1 N–H and O–H groups in total. The summed E-state index contributed by atoms with van der Waals surface area (Å²) in [6.07, 6.45) is 0.980. The van der Waals surface area contributed by atoms with Gasteiger partial charge < -0.3 is 9.88 Å². The molecule has 1 aromatic heterocycles. The quantitative estimate of drug-likeness (QED) is 0.448. The zero-order chi connectivity index (χ0) is 17.5. The molecule has 2 atom stereocenters. The number of nitrogens with one attached hydrogen (secondary N) is 1. The minimum atomic E-state index is 0.237. The van der Waals surface area contributed by atoms with E-state index in [1.54, 1.807) is 0 Å². The highest BCUT2D eigenvalue weighted by molar-refractivity contribution is 9.10. The number of hydrogen-bond acceptors (Lipinski definition) is 2. The van der Waals surface area contributed by atoms with E-state index in [0.29, 0.717) is 0 Å². The number of imidazole rings is 1. The van der Waals surface area contributed by atoms with Gasteiger partial charge in [-0.1, -0.05) is 70.5 Å². The molecular formula is C22H18BrN3. The van der Waals surface area contributed by atoms with Crippen molar-refractivity contribution >= 4 is 32.9 Å². The summed E-state index contributed by atoms with van der Waals surface area (Å²) < 4.78 is 3.45. The van der Waals surface area contributed by atoms with E-state index in [9.17, 15) is 0 Å². The van der Waals surface area contributed by atoms with Crippen LogP contribution >= 0.6 is 15.9 Å². The Morgan fingerprint density at radius 2 is 1.65 bits per heavy atom. The van der Waals surface area contributed by atoms with Gasteiger partial charge in [0.15, 0.2) is 0 Å². The highest BCUT2D eigenvalue weighted by Gasteiger charge is 2.30. The first-order valence-electron chi connectivity index (χ1n) is 8.83. The molecule has 0 spiro atoms. The molecule has 3 nitrogen and oxygen atoms in total. The van der Waals surface area contributed by atoms with Crippen LogP contribution in [-0.4, -0.2) is 9.55 Å². The van der Waals surface area contributed by atoms with Crippen LogP contribution in [0.4, 0.5) is 5.95 Å². The number of benzene rings is 3. The minimum Gasteiger partial charge on any atom is -0.349 e. The smallest absolute Gasteiger partial charge is 0.204 e. The zero-order valence-corrected chi connectivity index (χ0v) is 15.7. The second kappa shape index (κ2) is 6.29. The van der Waals surface area contributed by atoms with E-state index in [-0.39, 0.29) is 12.1 Å². The van der Waals surface area contributed by atoms with Crippen molar-refractivity contribution in [3.8, 4) is 0 Å².